The van der Waals surface area contributed by atoms with E-state index in [0.29, 0.717) is 23.9 Å². The third-order valence-corrected chi connectivity index (χ3v) is 4.19. The van der Waals surface area contributed by atoms with Gasteiger partial charge < -0.3 is 14.8 Å². The molecule has 2 aromatic rings. The van der Waals surface area contributed by atoms with E-state index >= 15 is 0 Å². The van der Waals surface area contributed by atoms with Crippen molar-refractivity contribution in [2.24, 2.45) is 11.1 Å². The lowest BCUT2D eigenvalue weighted by atomic mass is 10.2. The maximum atomic E-state index is 13.9. The molecule has 0 spiro atoms. The van der Waals surface area contributed by atoms with Gasteiger partial charge in [0.2, 0.25) is 11.6 Å². The van der Waals surface area contributed by atoms with E-state index in [-0.39, 0.29) is 5.88 Å². The smallest absolute Gasteiger partial charge is 0.230 e. The fourth-order valence-corrected chi connectivity index (χ4v) is 2.77. The van der Waals surface area contributed by atoms with Gasteiger partial charge in [0.05, 0.1) is 5.56 Å². The summed E-state index contributed by atoms with van der Waals surface area (Å²) >= 11 is 0. The maximum Gasteiger partial charge on any atom is 0.230 e. The Bertz CT molecular complexity index is 774. The third kappa shape index (κ3) is 4.09. The minimum absolute atomic E-state index is 0.0128. The minimum atomic E-state index is -0.826. The van der Waals surface area contributed by atoms with Crippen LogP contribution in [0.15, 0.2) is 41.7 Å². The molecule has 1 fully saturated rings. The molecular formula is C19H21F2N3O2. The fourth-order valence-electron chi connectivity index (χ4n) is 2.77. The van der Waals surface area contributed by atoms with Crippen LogP contribution in [0.25, 0.3) is 0 Å². The van der Waals surface area contributed by atoms with Crippen molar-refractivity contribution < 1.29 is 18.7 Å². The van der Waals surface area contributed by atoms with Crippen molar-refractivity contribution in [3.63, 3.8) is 0 Å². The van der Waals surface area contributed by atoms with Crippen molar-refractivity contribution in [3.8, 4) is 11.6 Å². The van der Waals surface area contributed by atoms with Crippen molar-refractivity contribution >= 4 is 5.84 Å². The number of amidine groups is 1. The van der Waals surface area contributed by atoms with Gasteiger partial charge in [-0.05, 0) is 49.4 Å². The van der Waals surface area contributed by atoms with Crippen LogP contribution in [0.5, 0.6) is 11.6 Å². The van der Waals surface area contributed by atoms with Crippen LogP contribution in [-0.2, 0) is 0 Å². The lowest BCUT2D eigenvalue weighted by Crippen LogP contribution is -2.34. The first-order valence-electron chi connectivity index (χ1n) is 8.68. The van der Waals surface area contributed by atoms with Crippen molar-refractivity contribution in [2.75, 3.05) is 13.1 Å². The topological polar surface area (TPSA) is 58.0 Å². The zero-order valence-electron chi connectivity index (χ0n) is 14.5. The van der Waals surface area contributed by atoms with Crippen molar-refractivity contribution in [1.29, 1.82) is 0 Å². The Hall–Kier alpha value is -2.70. The summed E-state index contributed by atoms with van der Waals surface area (Å²) < 4.78 is 33.3. The van der Waals surface area contributed by atoms with Crippen LogP contribution >= 0.6 is 0 Å². The number of nitrogens with zero attached hydrogens (tertiary/aromatic N) is 3. The van der Waals surface area contributed by atoms with E-state index in [9.17, 15) is 14.0 Å². The van der Waals surface area contributed by atoms with Gasteiger partial charge in [-0.15, -0.1) is 0 Å². The van der Waals surface area contributed by atoms with E-state index in [0.717, 1.165) is 37.9 Å². The van der Waals surface area contributed by atoms with Gasteiger partial charge in [-0.2, -0.15) is 0 Å². The molecule has 0 amide bonds. The molecule has 0 atom stereocenters. The molecule has 5 nitrogen and oxygen atoms in total. The normalized spacial score (nSPS) is 14.3. The molecule has 1 aliphatic rings. The first kappa shape index (κ1) is 18.1. The lowest BCUT2D eigenvalue weighted by Gasteiger charge is -2.25. The van der Waals surface area contributed by atoms with E-state index in [2.05, 4.69) is 10.1 Å². The summed E-state index contributed by atoms with van der Waals surface area (Å²) in [5.41, 5.74) is 0.381. The molecule has 1 aliphatic carbocycles. The van der Waals surface area contributed by atoms with E-state index < -0.39 is 17.4 Å². The Kier molecular flexibility index (Phi) is 5.65. The number of ether oxygens (including phenoxy) is 1. The summed E-state index contributed by atoms with van der Waals surface area (Å²) in [5, 5.41) is 13.1. The van der Waals surface area contributed by atoms with Crippen molar-refractivity contribution in [3.05, 3.63) is 53.7 Å². The molecule has 0 radical (unpaired) electrons. The maximum absolute atomic E-state index is 13.9. The number of pyridine rings is 1. The van der Waals surface area contributed by atoms with E-state index in [1.165, 1.54) is 12.3 Å². The molecule has 1 saturated carbocycles. The number of para-hydroxylation sites is 1. The Morgan fingerprint density at radius 2 is 2.00 bits per heavy atom. The van der Waals surface area contributed by atoms with Crippen LogP contribution in [-0.4, -0.2) is 34.0 Å². The van der Waals surface area contributed by atoms with Gasteiger partial charge in [0.15, 0.2) is 17.5 Å². The van der Waals surface area contributed by atoms with Crippen LogP contribution < -0.4 is 4.74 Å². The molecule has 138 valence electrons. The molecule has 1 aromatic carbocycles. The molecule has 26 heavy (non-hydrogen) atoms. The highest BCUT2D eigenvalue weighted by Crippen LogP contribution is 2.32. The first-order valence-corrected chi connectivity index (χ1v) is 8.68. The van der Waals surface area contributed by atoms with Crippen molar-refractivity contribution in [2.45, 2.75) is 26.2 Å². The molecule has 1 aromatic heterocycles. The molecule has 0 unspecified atom stereocenters. The molecule has 0 bridgehead atoms. The van der Waals surface area contributed by atoms with Gasteiger partial charge >= 0.3 is 0 Å². The summed E-state index contributed by atoms with van der Waals surface area (Å²) in [6.45, 7) is 3.48. The van der Waals surface area contributed by atoms with Gasteiger partial charge in [-0.25, -0.2) is 13.8 Å². The largest absolute Gasteiger partial charge is 0.432 e. The van der Waals surface area contributed by atoms with Crippen LogP contribution in [0.1, 0.15) is 31.7 Å². The van der Waals surface area contributed by atoms with Gasteiger partial charge in [0.25, 0.3) is 0 Å². The van der Waals surface area contributed by atoms with Crippen LogP contribution in [0, 0.1) is 17.6 Å². The Balaban J connectivity index is 1.94. The predicted molar refractivity (Wildman–Crippen MR) is 93.6 cm³/mol. The predicted octanol–water partition coefficient (Wildman–Crippen LogP) is 4.41. The second-order valence-electron chi connectivity index (χ2n) is 6.32. The molecule has 0 aliphatic heterocycles. The standard InChI is InChI=1S/C19H21F2N3O2/c1-2-11-24(12-13-8-9-13)18(23-25)14-5-4-10-22-19(14)26-17-15(20)6-3-7-16(17)21/h3-7,10,13,25H,2,8-9,11-12H2,1H3/b23-18-. The number of halogens is 2. The number of benzene rings is 1. The van der Waals surface area contributed by atoms with Gasteiger partial charge in [0, 0.05) is 19.3 Å². The molecule has 1 N–H and O–H groups in total. The zero-order chi connectivity index (χ0) is 18.5. The highest BCUT2D eigenvalue weighted by atomic mass is 19.1. The monoisotopic (exact) mass is 361 g/mol. The average molecular weight is 361 g/mol. The molecular weight excluding hydrogens is 340 g/mol. The summed E-state index contributed by atoms with van der Waals surface area (Å²) in [6, 6.07) is 6.80. The van der Waals surface area contributed by atoms with Crippen LogP contribution in [0.3, 0.4) is 0 Å². The van der Waals surface area contributed by atoms with Crippen LogP contribution in [0.2, 0.25) is 0 Å². The minimum Gasteiger partial charge on any atom is -0.432 e. The lowest BCUT2D eigenvalue weighted by molar-refractivity contribution is 0.296. The Morgan fingerprint density at radius 3 is 2.62 bits per heavy atom. The van der Waals surface area contributed by atoms with Gasteiger partial charge in [-0.3, -0.25) is 0 Å². The highest BCUT2D eigenvalue weighted by molar-refractivity contribution is 6.00. The summed E-state index contributed by atoms with van der Waals surface area (Å²) in [4.78, 5) is 6.05. The molecule has 3 rings (SSSR count). The average Bonchev–Trinajstić information content (AvgIpc) is 3.44. The van der Waals surface area contributed by atoms with E-state index in [1.54, 1.807) is 12.1 Å². The number of aromatic nitrogens is 1. The van der Waals surface area contributed by atoms with E-state index in [4.69, 9.17) is 4.74 Å². The zero-order valence-corrected chi connectivity index (χ0v) is 14.5. The van der Waals surface area contributed by atoms with Crippen LogP contribution in [0.4, 0.5) is 8.78 Å². The Labute approximate surface area is 150 Å². The molecule has 7 heteroatoms. The Morgan fingerprint density at radius 1 is 1.27 bits per heavy atom. The first-order chi connectivity index (χ1) is 12.6. The summed E-state index contributed by atoms with van der Waals surface area (Å²) in [6.07, 6.45) is 4.62. The number of rotatable bonds is 7. The summed E-state index contributed by atoms with van der Waals surface area (Å²) in [7, 11) is 0. The van der Waals surface area contributed by atoms with Crippen molar-refractivity contribution in [1.82, 2.24) is 9.88 Å². The fraction of sp³-hybridized carbons (Fsp3) is 0.368. The second kappa shape index (κ2) is 8.12. The number of oxime groups is 1. The summed E-state index contributed by atoms with van der Waals surface area (Å²) in [5.74, 6) is -1.34. The van der Waals surface area contributed by atoms with Gasteiger partial charge in [-0.1, -0.05) is 18.1 Å². The third-order valence-electron chi connectivity index (χ3n) is 4.19. The second-order valence-corrected chi connectivity index (χ2v) is 6.32. The van der Waals surface area contributed by atoms with Gasteiger partial charge in [0.1, 0.15) is 0 Å². The van der Waals surface area contributed by atoms with E-state index in [1.807, 2.05) is 11.8 Å². The number of hydrogen-bond acceptors (Lipinski definition) is 4. The molecule has 0 saturated heterocycles. The quantitative estimate of drug-likeness (QED) is 0.343. The molecule has 1 heterocycles. The highest BCUT2D eigenvalue weighted by Gasteiger charge is 2.28. The SMILES string of the molecule is CCCN(CC1CC1)/C(=N\O)c1cccnc1Oc1c(F)cccc1F. The number of hydrogen-bond donors (Lipinski definition) is 1.